The Hall–Kier alpha value is -2.71. The van der Waals surface area contributed by atoms with Crippen LogP contribution in [0.3, 0.4) is 0 Å². The Bertz CT molecular complexity index is 869. The highest BCUT2D eigenvalue weighted by Crippen LogP contribution is 2.35. The largest absolute Gasteiger partial charge is 0.478 e. The van der Waals surface area contributed by atoms with Gasteiger partial charge in [-0.15, -0.1) is 0 Å². The van der Waals surface area contributed by atoms with Crippen LogP contribution in [0.1, 0.15) is 70.8 Å². The topological polar surface area (TPSA) is 101 Å². The quantitative estimate of drug-likeness (QED) is 0.444. The number of amides is 1. The molecule has 0 aromatic heterocycles. The van der Waals surface area contributed by atoms with Gasteiger partial charge < -0.3 is 20.0 Å². The van der Waals surface area contributed by atoms with Crippen LogP contribution >= 0.6 is 0 Å². The summed E-state index contributed by atoms with van der Waals surface area (Å²) in [5.74, 6) is -0.928. The van der Waals surface area contributed by atoms with Crippen LogP contribution in [0.5, 0.6) is 0 Å². The van der Waals surface area contributed by atoms with Gasteiger partial charge in [0, 0.05) is 63.0 Å². The minimum Gasteiger partial charge on any atom is -0.478 e. The van der Waals surface area contributed by atoms with Crippen molar-refractivity contribution in [3.8, 4) is 0 Å². The molecule has 206 valence electrons. The summed E-state index contributed by atoms with van der Waals surface area (Å²) in [6, 6.07) is 9.35. The summed E-state index contributed by atoms with van der Waals surface area (Å²) in [4.78, 5) is 39.1. The fourth-order valence-electron chi connectivity index (χ4n) is 5.15. The molecule has 1 saturated carbocycles. The first-order valence-electron chi connectivity index (χ1n) is 13.6. The third kappa shape index (κ3) is 10.7. The van der Waals surface area contributed by atoms with Crippen molar-refractivity contribution in [1.29, 1.82) is 0 Å². The average molecular weight is 516 g/mol. The molecule has 0 bridgehead atoms. The van der Waals surface area contributed by atoms with Crippen LogP contribution in [-0.2, 0) is 14.4 Å². The molecule has 1 heterocycles. The van der Waals surface area contributed by atoms with Gasteiger partial charge in [0.1, 0.15) is 0 Å². The molecule has 8 nitrogen and oxygen atoms in total. The van der Waals surface area contributed by atoms with Crippen LogP contribution in [-0.4, -0.2) is 83.7 Å². The van der Waals surface area contributed by atoms with E-state index in [0.29, 0.717) is 30.5 Å². The van der Waals surface area contributed by atoms with Crippen LogP contribution < -0.4 is 4.90 Å². The van der Waals surface area contributed by atoms with E-state index in [9.17, 15) is 14.4 Å². The maximum Gasteiger partial charge on any atom is 0.328 e. The van der Waals surface area contributed by atoms with E-state index in [4.69, 9.17) is 10.2 Å². The van der Waals surface area contributed by atoms with Gasteiger partial charge in [0.2, 0.25) is 5.91 Å². The zero-order chi connectivity index (χ0) is 27.4. The molecule has 1 atom stereocenters. The molecule has 1 unspecified atom stereocenters. The highest BCUT2D eigenvalue weighted by atomic mass is 16.4. The Balaban J connectivity index is 0.000000521. The summed E-state index contributed by atoms with van der Waals surface area (Å²) in [5, 5.41) is 15.6. The van der Waals surface area contributed by atoms with Crippen LogP contribution in [0.25, 0.3) is 0 Å². The van der Waals surface area contributed by atoms with Gasteiger partial charge >= 0.3 is 11.9 Å². The number of nitrogens with zero attached hydrogens (tertiary/aromatic N) is 3. The SMILES string of the molecule is CCC(=O)N(CC(CC(C)C)N1CCN(C)CC1)c1ccc(C2CCCC2)cc1.O=C(O)/C=C\C(=O)O. The zero-order valence-electron chi connectivity index (χ0n) is 22.9. The molecule has 37 heavy (non-hydrogen) atoms. The van der Waals surface area contributed by atoms with E-state index >= 15 is 0 Å². The van der Waals surface area contributed by atoms with Crippen molar-refractivity contribution in [3.63, 3.8) is 0 Å². The first-order valence-corrected chi connectivity index (χ1v) is 13.6. The summed E-state index contributed by atoms with van der Waals surface area (Å²) in [5.41, 5.74) is 2.52. The highest BCUT2D eigenvalue weighted by molar-refractivity contribution is 5.93. The van der Waals surface area contributed by atoms with Gasteiger partial charge in [-0.2, -0.15) is 0 Å². The number of benzene rings is 1. The maximum atomic E-state index is 12.9. The maximum absolute atomic E-state index is 12.9. The van der Waals surface area contributed by atoms with Crippen molar-refractivity contribution in [1.82, 2.24) is 9.80 Å². The molecule has 2 aliphatic rings. The second kappa shape index (κ2) is 15.5. The summed E-state index contributed by atoms with van der Waals surface area (Å²) in [6.07, 6.45) is 8.15. The lowest BCUT2D eigenvalue weighted by atomic mass is 9.97. The second-order valence-corrected chi connectivity index (χ2v) is 10.6. The Kier molecular flexibility index (Phi) is 12.8. The molecule has 1 amide bonds. The van der Waals surface area contributed by atoms with E-state index in [1.165, 1.54) is 31.2 Å². The fraction of sp³-hybridized carbons (Fsp3) is 0.621. The van der Waals surface area contributed by atoms with Crippen molar-refractivity contribution in [2.24, 2.45) is 5.92 Å². The number of likely N-dealkylation sites (N-methyl/N-ethyl adjacent to an activating group) is 1. The van der Waals surface area contributed by atoms with E-state index in [-0.39, 0.29) is 5.91 Å². The lowest BCUT2D eigenvalue weighted by Gasteiger charge is -2.40. The number of hydrogen-bond donors (Lipinski definition) is 2. The first-order chi connectivity index (χ1) is 17.6. The second-order valence-electron chi connectivity index (χ2n) is 10.6. The fourth-order valence-corrected chi connectivity index (χ4v) is 5.15. The third-order valence-corrected chi connectivity index (χ3v) is 7.19. The Morgan fingerprint density at radius 2 is 1.51 bits per heavy atom. The van der Waals surface area contributed by atoms with Crippen molar-refractivity contribution in [3.05, 3.63) is 42.0 Å². The molecule has 1 aliphatic carbocycles. The van der Waals surface area contributed by atoms with E-state index in [1.54, 1.807) is 0 Å². The number of hydrogen-bond acceptors (Lipinski definition) is 5. The van der Waals surface area contributed by atoms with Crippen molar-refractivity contribution in [2.75, 3.05) is 44.7 Å². The summed E-state index contributed by atoms with van der Waals surface area (Å²) in [6.45, 7) is 11.8. The summed E-state index contributed by atoms with van der Waals surface area (Å²) in [7, 11) is 2.20. The number of carboxylic acids is 2. The molecule has 1 saturated heterocycles. The predicted octanol–water partition coefficient (Wildman–Crippen LogP) is 4.46. The van der Waals surface area contributed by atoms with Gasteiger partial charge in [0.25, 0.3) is 0 Å². The molecule has 1 aromatic carbocycles. The summed E-state index contributed by atoms with van der Waals surface area (Å²) < 4.78 is 0. The van der Waals surface area contributed by atoms with Gasteiger partial charge in [-0.05, 0) is 55.8 Å². The smallest absolute Gasteiger partial charge is 0.328 e. The number of aliphatic carboxylic acids is 2. The van der Waals surface area contributed by atoms with Crippen molar-refractivity contribution >= 4 is 23.5 Å². The molecular weight excluding hydrogens is 470 g/mol. The van der Waals surface area contributed by atoms with Crippen LogP contribution in [0.2, 0.25) is 0 Å². The Morgan fingerprint density at radius 1 is 0.973 bits per heavy atom. The number of piperazine rings is 1. The zero-order valence-corrected chi connectivity index (χ0v) is 22.9. The minimum absolute atomic E-state index is 0.237. The molecule has 0 radical (unpaired) electrons. The monoisotopic (exact) mass is 515 g/mol. The highest BCUT2D eigenvalue weighted by Gasteiger charge is 2.27. The van der Waals surface area contributed by atoms with Crippen molar-refractivity contribution in [2.45, 2.75) is 71.3 Å². The number of rotatable bonds is 10. The van der Waals surface area contributed by atoms with Gasteiger partial charge in [0.15, 0.2) is 0 Å². The van der Waals surface area contributed by atoms with Gasteiger partial charge in [-0.3, -0.25) is 9.69 Å². The molecule has 0 spiro atoms. The van der Waals surface area contributed by atoms with E-state index in [0.717, 1.165) is 50.7 Å². The van der Waals surface area contributed by atoms with Crippen LogP contribution in [0.4, 0.5) is 5.69 Å². The van der Waals surface area contributed by atoms with Gasteiger partial charge in [0.05, 0.1) is 0 Å². The predicted molar refractivity (Wildman–Crippen MR) is 147 cm³/mol. The lowest BCUT2D eigenvalue weighted by molar-refractivity contribution is -0.134. The molecule has 1 aromatic rings. The number of carboxylic acid groups (broad SMARTS) is 2. The minimum atomic E-state index is -1.26. The molecule has 2 N–H and O–H groups in total. The van der Waals surface area contributed by atoms with Crippen molar-refractivity contribution < 1.29 is 24.6 Å². The number of carbonyl (C=O) groups excluding carboxylic acids is 1. The van der Waals surface area contributed by atoms with Gasteiger partial charge in [-0.1, -0.05) is 45.7 Å². The average Bonchev–Trinajstić information content (AvgIpc) is 3.41. The Morgan fingerprint density at radius 3 is 1.97 bits per heavy atom. The lowest BCUT2D eigenvalue weighted by Crippen LogP contribution is -2.53. The van der Waals surface area contributed by atoms with Crippen LogP contribution in [0, 0.1) is 5.92 Å². The summed E-state index contributed by atoms with van der Waals surface area (Å²) >= 11 is 0. The first kappa shape index (κ1) is 30.5. The number of anilines is 1. The van der Waals surface area contributed by atoms with E-state index in [2.05, 4.69) is 59.9 Å². The Labute approximate surface area is 221 Å². The molecule has 2 fully saturated rings. The third-order valence-electron chi connectivity index (χ3n) is 7.19. The van der Waals surface area contributed by atoms with E-state index < -0.39 is 11.9 Å². The molecular formula is C29H45N3O5. The normalized spacial score (nSPS) is 18.0. The van der Waals surface area contributed by atoms with E-state index in [1.807, 2.05) is 6.92 Å². The molecule has 1 aliphatic heterocycles. The van der Waals surface area contributed by atoms with Crippen LogP contribution in [0.15, 0.2) is 36.4 Å². The standard InChI is InChI=1S/C25H41N3O.C4H4O4/c1-5-25(29)28(23-12-10-22(11-13-23)21-8-6-7-9-21)19-24(18-20(2)3)27-16-14-26(4)15-17-27;5-3(6)1-2-4(7)8/h10-13,20-21,24H,5-9,14-19H2,1-4H3;1-2H,(H,5,6)(H,7,8)/b;2-1-. The molecule has 8 heteroatoms. The van der Waals surface area contributed by atoms with Gasteiger partial charge in [-0.25, -0.2) is 9.59 Å². The number of carbonyl (C=O) groups is 3. The molecule has 3 rings (SSSR count).